The lowest BCUT2D eigenvalue weighted by atomic mass is 9.63. The molecular formula is C35H44ClF2N7O2. The van der Waals surface area contributed by atoms with Crippen LogP contribution in [0.4, 0.5) is 19.3 Å². The highest BCUT2D eigenvalue weighted by Crippen LogP contribution is 2.47. The number of benzene rings is 2. The van der Waals surface area contributed by atoms with E-state index in [1.807, 2.05) is 40.2 Å². The van der Waals surface area contributed by atoms with Crippen LogP contribution in [0, 0.1) is 23.0 Å². The third-order valence-electron chi connectivity index (χ3n) is 10.5. The molecule has 3 aliphatic rings. The van der Waals surface area contributed by atoms with E-state index in [0.29, 0.717) is 56.4 Å². The van der Waals surface area contributed by atoms with Crippen molar-refractivity contribution in [2.45, 2.75) is 82.8 Å². The van der Waals surface area contributed by atoms with Gasteiger partial charge in [-0.25, -0.2) is 18.6 Å². The molecule has 252 valence electrons. The number of carbonyl (C=O) groups is 2. The minimum atomic E-state index is -0.814. The molecule has 3 aromatic rings. The van der Waals surface area contributed by atoms with Gasteiger partial charge in [-0.15, -0.1) is 0 Å². The van der Waals surface area contributed by atoms with Gasteiger partial charge in [0.2, 0.25) is 5.91 Å². The Kier molecular flexibility index (Phi) is 10.7. The molecule has 1 aliphatic carbocycles. The van der Waals surface area contributed by atoms with Crippen LogP contribution < -0.4 is 10.6 Å². The van der Waals surface area contributed by atoms with Crippen LogP contribution in [0.15, 0.2) is 55.1 Å². The second-order valence-electron chi connectivity index (χ2n) is 13.5. The fraction of sp³-hybridized carbons (Fsp3) is 0.543. The number of rotatable bonds is 9. The highest BCUT2D eigenvalue weighted by molar-refractivity contribution is 6.30. The van der Waals surface area contributed by atoms with E-state index in [1.54, 1.807) is 11.2 Å². The molecule has 3 amide bonds. The summed E-state index contributed by atoms with van der Waals surface area (Å²) in [4.78, 5) is 34.9. The van der Waals surface area contributed by atoms with Crippen molar-refractivity contribution in [3.8, 4) is 0 Å². The summed E-state index contributed by atoms with van der Waals surface area (Å²) in [5.41, 5.74) is 1.08. The van der Waals surface area contributed by atoms with E-state index in [0.717, 1.165) is 37.1 Å². The Morgan fingerprint density at radius 3 is 2.32 bits per heavy atom. The average molecular weight is 668 g/mol. The van der Waals surface area contributed by atoms with E-state index in [9.17, 15) is 18.4 Å². The zero-order chi connectivity index (χ0) is 32.8. The molecule has 6 rings (SSSR count). The van der Waals surface area contributed by atoms with Crippen molar-refractivity contribution in [3.63, 3.8) is 0 Å². The summed E-state index contributed by atoms with van der Waals surface area (Å²) in [5.74, 6) is -0.784. The number of anilines is 1. The van der Waals surface area contributed by atoms with Crippen LogP contribution in [0.25, 0.3) is 0 Å². The predicted octanol–water partition coefficient (Wildman–Crippen LogP) is 6.30. The molecular weight excluding hydrogens is 624 g/mol. The van der Waals surface area contributed by atoms with Gasteiger partial charge < -0.3 is 20.4 Å². The highest BCUT2D eigenvalue weighted by Gasteiger charge is 2.44. The molecule has 3 fully saturated rings. The first kappa shape index (κ1) is 33.3. The lowest BCUT2D eigenvalue weighted by Crippen LogP contribution is -2.56. The molecule has 2 aromatic carbocycles. The maximum atomic E-state index is 14.3. The van der Waals surface area contributed by atoms with E-state index in [-0.39, 0.29) is 23.1 Å². The lowest BCUT2D eigenvalue weighted by Gasteiger charge is -2.48. The quantitative estimate of drug-likeness (QED) is 0.280. The van der Waals surface area contributed by atoms with E-state index < -0.39 is 23.7 Å². The molecule has 47 heavy (non-hydrogen) atoms. The molecule has 0 radical (unpaired) electrons. The molecule has 0 unspecified atom stereocenters. The van der Waals surface area contributed by atoms with Gasteiger partial charge >= 0.3 is 6.03 Å². The van der Waals surface area contributed by atoms with Crippen molar-refractivity contribution >= 4 is 29.2 Å². The van der Waals surface area contributed by atoms with Gasteiger partial charge in [0.05, 0.1) is 11.7 Å². The fourth-order valence-electron chi connectivity index (χ4n) is 7.83. The number of amides is 3. The molecule has 2 saturated heterocycles. The summed E-state index contributed by atoms with van der Waals surface area (Å²) in [6.07, 6.45) is 13.4. The van der Waals surface area contributed by atoms with Gasteiger partial charge in [-0.2, -0.15) is 5.10 Å². The van der Waals surface area contributed by atoms with Crippen LogP contribution in [0.1, 0.15) is 63.4 Å². The Balaban J connectivity index is 1.10. The van der Waals surface area contributed by atoms with Gasteiger partial charge in [0.1, 0.15) is 24.3 Å². The van der Waals surface area contributed by atoms with Crippen LogP contribution in [-0.4, -0.2) is 74.8 Å². The van der Waals surface area contributed by atoms with Crippen LogP contribution >= 0.6 is 11.6 Å². The molecule has 9 nitrogen and oxygen atoms in total. The number of nitrogens with zero attached hydrogens (tertiary/aromatic N) is 5. The van der Waals surface area contributed by atoms with Gasteiger partial charge in [-0.05, 0) is 86.1 Å². The molecule has 2 aliphatic heterocycles. The monoisotopic (exact) mass is 667 g/mol. The number of likely N-dealkylation sites (tertiary alicyclic amines) is 2. The lowest BCUT2D eigenvalue weighted by molar-refractivity contribution is -0.137. The number of hydrogen-bond acceptors (Lipinski definition) is 5. The third-order valence-corrected chi connectivity index (χ3v) is 10.8. The number of halogens is 3. The average Bonchev–Trinajstić information content (AvgIpc) is 3.60. The van der Waals surface area contributed by atoms with Crippen molar-refractivity contribution in [2.24, 2.45) is 11.3 Å². The molecule has 1 atom stereocenters. The first-order chi connectivity index (χ1) is 22.8. The number of hydrogen-bond donors (Lipinski definition) is 2. The maximum absolute atomic E-state index is 14.3. The Hall–Kier alpha value is -3.57. The number of nitrogens with one attached hydrogen (secondary N) is 2. The van der Waals surface area contributed by atoms with Crippen LogP contribution in [0.2, 0.25) is 5.02 Å². The summed E-state index contributed by atoms with van der Waals surface area (Å²) < 4.78 is 29.4. The first-order valence-electron chi connectivity index (χ1n) is 16.9. The second kappa shape index (κ2) is 15.1. The van der Waals surface area contributed by atoms with Crippen molar-refractivity contribution in [2.75, 3.05) is 31.5 Å². The molecule has 1 aromatic heterocycles. The first-order valence-corrected chi connectivity index (χ1v) is 17.3. The minimum absolute atomic E-state index is 0.0290. The zero-order valence-electron chi connectivity index (χ0n) is 26.7. The van der Waals surface area contributed by atoms with E-state index in [4.69, 9.17) is 11.6 Å². The van der Waals surface area contributed by atoms with Crippen molar-refractivity contribution in [3.05, 3.63) is 77.3 Å². The second-order valence-corrected chi connectivity index (χ2v) is 13.9. The van der Waals surface area contributed by atoms with Gasteiger partial charge in [0.15, 0.2) is 0 Å². The zero-order valence-corrected chi connectivity index (χ0v) is 27.5. The molecule has 0 spiro atoms. The molecule has 12 heteroatoms. The van der Waals surface area contributed by atoms with Crippen LogP contribution in [0.5, 0.6) is 0 Å². The van der Waals surface area contributed by atoms with E-state index in [1.165, 1.54) is 38.2 Å². The Labute approximate surface area is 280 Å². The van der Waals surface area contributed by atoms with Crippen LogP contribution in [-0.2, 0) is 17.8 Å². The van der Waals surface area contributed by atoms with Crippen molar-refractivity contribution < 1.29 is 18.4 Å². The van der Waals surface area contributed by atoms with E-state index in [2.05, 4.69) is 20.7 Å². The highest BCUT2D eigenvalue weighted by atomic mass is 35.5. The summed E-state index contributed by atoms with van der Waals surface area (Å²) >= 11 is 6.16. The topological polar surface area (TPSA) is 95.4 Å². The maximum Gasteiger partial charge on any atom is 0.321 e. The fourth-order valence-corrected chi connectivity index (χ4v) is 7.96. The molecule has 1 saturated carbocycles. The number of urea groups is 1. The summed E-state index contributed by atoms with van der Waals surface area (Å²) in [5, 5.41) is 11.3. The predicted molar refractivity (Wildman–Crippen MR) is 177 cm³/mol. The van der Waals surface area contributed by atoms with Crippen molar-refractivity contribution in [1.82, 2.24) is 29.9 Å². The molecule has 0 bridgehead atoms. The van der Waals surface area contributed by atoms with Gasteiger partial charge in [0.25, 0.3) is 0 Å². The normalized spacial score (nSPS) is 19.8. The third kappa shape index (κ3) is 8.30. The minimum Gasteiger partial charge on any atom is -0.341 e. The van der Waals surface area contributed by atoms with Crippen molar-refractivity contribution in [1.29, 1.82) is 0 Å². The Morgan fingerprint density at radius 2 is 1.66 bits per heavy atom. The Bertz CT molecular complexity index is 1480. The van der Waals surface area contributed by atoms with E-state index >= 15 is 0 Å². The summed E-state index contributed by atoms with van der Waals surface area (Å²) in [6, 6.07) is 9.89. The summed E-state index contributed by atoms with van der Waals surface area (Å²) in [7, 11) is 0. The number of piperidine rings is 2. The van der Waals surface area contributed by atoms with Gasteiger partial charge in [-0.3, -0.25) is 9.48 Å². The number of carbonyl (C=O) groups excluding carboxylic acids is 2. The Morgan fingerprint density at radius 1 is 0.936 bits per heavy atom. The SMILES string of the molecule is O=C(Nc1ccc(F)cc1F)N1CCC(N[C@H](Cc2ccc(Cl)cc2)C(=O)N2CCC(Cn3cncn3)(C3CCCCC3)CC2)CC1. The standard InChI is InChI=1S/C35H44ClF2N7O2/c36-27-8-6-25(7-9-27)20-32(41-29-12-16-44(17-13-29)34(47)42-31-11-10-28(37)21-30(31)38)33(46)43-18-14-35(15-19-43,22-45-24-39-23-40-45)26-4-2-1-3-5-26/h6-11,21,23-24,26,29,32,41H,1-5,12-20,22H2,(H,42,47)/t32-/m1/s1. The molecule has 2 N–H and O–H groups in total. The van der Waals surface area contributed by atoms with Gasteiger partial charge in [-0.1, -0.05) is 43.0 Å². The molecule has 3 heterocycles. The smallest absolute Gasteiger partial charge is 0.321 e. The van der Waals surface area contributed by atoms with Gasteiger partial charge in [0, 0.05) is 49.9 Å². The van der Waals surface area contributed by atoms with Crippen LogP contribution in [0.3, 0.4) is 0 Å². The number of aromatic nitrogens is 3. The summed E-state index contributed by atoms with van der Waals surface area (Å²) in [6.45, 7) is 3.16. The largest absolute Gasteiger partial charge is 0.341 e.